The van der Waals surface area contributed by atoms with Crippen LogP contribution in [0, 0.1) is 6.92 Å². The summed E-state index contributed by atoms with van der Waals surface area (Å²) in [5, 5.41) is 18.1. The van der Waals surface area contributed by atoms with Crippen LogP contribution in [0.3, 0.4) is 0 Å². The molecule has 0 aliphatic carbocycles. The van der Waals surface area contributed by atoms with Crippen LogP contribution in [0.4, 0.5) is 0 Å². The Balaban J connectivity index is 1.49. The van der Waals surface area contributed by atoms with Crippen molar-refractivity contribution >= 4 is 23.6 Å². The standard InChI is InChI=1S/C39H51N5O7/c1-28-11-13-30(14-12-28)18-22-35(39(48)43-49)42-38(47)34(21-17-31-15-19-32(50-2)20-16-31)41-37(46)33(10-6-9-29-7-4-3-5-8-29)40-36(45)27-44-23-25-51-26-24-44/h3-5,7-8,11-16,19-20,33-35,49H,6,9-10,17-18,21-27H2,1-2H3,(H,40,45)(H,41,46)(H,42,47)(H,43,48)/t33-,34+,35+/m0/s1. The minimum Gasteiger partial charge on any atom is -0.497 e. The van der Waals surface area contributed by atoms with Crippen LogP contribution in [0.25, 0.3) is 0 Å². The fourth-order valence-corrected chi connectivity index (χ4v) is 5.96. The molecule has 4 rings (SSSR count). The number of nitrogens with one attached hydrogen (secondary N) is 4. The molecular weight excluding hydrogens is 650 g/mol. The van der Waals surface area contributed by atoms with Gasteiger partial charge in [-0.05, 0) is 80.7 Å². The molecule has 3 aromatic carbocycles. The predicted octanol–water partition coefficient (Wildman–Crippen LogP) is 2.88. The van der Waals surface area contributed by atoms with Crippen LogP contribution in [0.2, 0.25) is 0 Å². The number of morpholine rings is 1. The molecule has 274 valence electrons. The van der Waals surface area contributed by atoms with Crippen LogP contribution < -0.4 is 26.2 Å². The number of carbonyl (C=O) groups is 4. The van der Waals surface area contributed by atoms with Crippen LogP contribution in [0.1, 0.15) is 47.9 Å². The first kappa shape index (κ1) is 39.0. The fraction of sp³-hybridized carbons (Fsp3) is 0.436. The highest BCUT2D eigenvalue weighted by atomic mass is 16.5. The second-order valence-electron chi connectivity index (χ2n) is 12.9. The number of hydrogen-bond donors (Lipinski definition) is 5. The summed E-state index contributed by atoms with van der Waals surface area (Å²) in [6.07, 6.45) is 3.04. The molecule has 1 saturated heterocycles. The number of rotatable bonds is 19. The smallest absolute Gasteiger partial charge is 0.265 e. The van der Waals surface area contributed by atoms with Crippen molar-refractivity contribution in [2.75, 3.05) is 40.0 Å². The summed E-state index contributed by atoms with van der Waals surface area (Å²) in [7, 11) is 1.58. The molecule has 51 heavy (non-hydrogen) atoms. The van der Waals surface area contributed by atoms with E-state index in [2.05, 4.69) is 16.0 Å². The molecule has 1 aliphatic rings. The van der Waals surface area contributed by atoms with E-state index in [9.17, 15) is 24.4 Å². The van der Waals surface area contributed by atoms with Crippen LogP contribution in [0.15, 0.2) is 78.9 Å². The van der Waals surface area contributed by atoms with Gasteiger partial charge in [-0.25, -0.2) is 5.48 Å². The number of benzene rings is 3. The molecule has 3 atom stereocenters. The zero-order valence-electron chi connectivity index (χ0n) is 29.6. The van der Waals surface area contributed by atoms with Crippen LogP contribution >= 0.6 is 0 Å². The van der Waals surface area contributed by atoms with Gasteiger partial charge < -0.3 is 25.4 Å². The summed E-state index contributed by atoms with van der Waals surface area (Å²) in [5.41, 5.74) is 5.77. The maximum atomic E-state index is 14.0. The molecule has 1 aliphatic heterocycles. The monoisotopic (exact) mass is 701 g/mol. The molecule has 1 heterocycles. The van der Waals surface area contributed by atoms with Gasteiger partial charge in [-0.3, -0.25) is 29.3 Å². The van der Waals surface area contributed by atoms with E-state index in [-0.39, 0.29) is 25.3 Å². The second kappa shape index (κ2) is 20.8. The number of hydroxylamine groups is 1. The van der Waals surface area contributed by atoms with Gasteiger partial charge >= 0.3 is 0 Å². The first-order valence-electron chi connectivity index (χ1n) is 17.6. The summed E-state index contributed by atoms with van der Waals surface area (Å²) in [6, 6.07) is 22.2. The Labute approximate surface area is 300 Å². The maximum absolute atomic E-state index is 14.0. The van der Waals surface area contributed by atoms with Crippen molar-refractivity contribution in [1.29, 1.82) is 0 Å². The largest absolute Gasteiger partial charge is 0.497 e. The van der Waals surface area contributed by atoms with Crippen molar-refractivity contribution in [2.45, 2.75) is 70.0 Å². The highest BCUT2D eigenvalue weighted by Crippen LogP contribution is 2.15. The number of carbonyl (C=O) groups excluding carboxylic acids is 4. The molecule has 4 amide bonds. The van der Waals surface area contributed by atoms with Crippen molar-refractivity contribution in [1.82, 2.24) is 26.3 Å². The second-order valence-corrected chi connectivity index (χ2v) is 12.9. The van der Waals surface area contributed by atoms with E-state index < -0.39 is 35.8 Å². The molecular formula is C39H51N5O7. The third-order valence-electron chi connectivity index (χ3n) is 9.02. The summed E-state index contributed by atoms with van der Waals surface area (Å²) in [4.78, 5) is 55.7. The van der Waals surface area contributed by atoms with Gasteiger partial charge in [0.1, 0.15) is 23.9 Å². The fourth-order valence-electron chi connectivity index (χ4n) is 5.96. The van der Waals surface area contributed by atoms with Crippen molar-refractivity contribution in [3.05, 3.63) is 101 Å². The van der Waals surface area contributed by atoms with E-state index in [0.29, 0.717) is 64.2 Å². The van der Waals surface area contributed by atoms with Gasteiger partial charge in [-0.15, -0.1) is 0 Å². The number of hydrogen-bond acceptors (Lipinski definition) is 8. The molecule has 0 unspecified atom stereocenters. The van der Waals surface area contributed by atoms with Crippen molar-refractivity contribution < 1.29 is 33.9 Å². The summed E-state index contributed by atoms with van der Waals surface area (Å²) in [6.45, 7) is 4.44. The number of aryl methyl sites for hydroxylation is 4. The summed E-state index contributed by atoms with van der Waals surface area (Å²) in [5.74, 6) is -1.41. The topological polar surface area (TPSA) is 158 Å². The Morgan fingerprint density at radius 2 is 1.24 bits per heavy atom. The lowest BCUT2D eigenvalue weighted by Gasteiger charge is -2.28. The SMILES string of the molecule is COc1ccc(CC[C@@H](NC(=O)[C@H](CCCc2ccccc2)NC(=O)CN2CCOCC2)C(=O)N[C@H](CCc2ccc(C)cc2)C(=O)NO)cc1. The third-order valence-corrected chi connectivity index (χ3v) is 9.02. The lowest BCUT2D eigenvalue weighted by atomic mass is 10.0. The molecule has 3 aromatic rings. The minimum absolute atomic E-state index is 0.131. The quantitative estimate of drug-likeness (QED) is 0.0944. The molecule has 0 saturated carbocycles. The Bertz CT molecular complexity index is 1530. The zero-order chi connectivity index (χ0) is 36.4. The van der Waals surface area contributed by atoms with Gasteiger partial charge in [-0.2, -0.15) is 0 Å². The molecule has 0 bridgehead atoms. The molecule has 5 N–H and O–H groups in total. The van der Waals surface area contributed by atoms with E-state index in [4.69, 9.17) is 9.47 Å². The van der Waals surface area contributed by atoms with E-state index >= 15 is 0 Å². The maximum Gasteiger partial charge on any atom is 0.265 e. The van der Waals surface area contributed by atoms with Gasteiger partial charge in [0.05, 0.1) is 26.9 Å². The molecule has 0 spiro atoms. The third kappa shape index (κ3) is 13.5. The first-order chi connectivity index (χ1) is 24.7. The summed E-state index contributed by atoms with van der Waals surface area (Å²) >= 11 is 0. The van der Waals surface area contributed by atoms with Gasteiger partial charge in [0.2, 0.25) is 17.7 Å². The Morgan fingerprint density at radius 1 is 0.706 bits per heavy atom. The molecule has 0 aromatic heterocycles. The van der Waals surface area contributed by atoms with E-state index in [1.807, 2.05) is 90.7 Å². The molecule has 12 heteroatoms. The highest BCUT2D eigenvalue weighted by Gasteiger charge is 2.30. The number of ether oxygens (including phenoxy) is 2. The van der Waals surface area contributed by atoms with Gasteiger partial charge in [0.25, 0.3) is 5.91 Å². The van der Waals surface area contributed by atoms with Crippen molar-refractivity contribution in [3.63, 3.8) is 0 Å². The van der Waals surface area contributed by atoms with Gasteiger partial charge in [0, 0.05) is 13.1 Å². The highest BCUT2D eigenvalue weighted by molar-refractivity contribution is 5.94. The van der Waals surface area contributed by atoms with Crippen LogP contribution in [-0.2, 0) is 43.2 Å². The average molecular weight is 702 g/mol. The predicted molar refractivity (Wildman–Crippen MR) is 193 cm³/mol. The number of amides is 4. The Kier molecular flexibility index (Phi) is 15.9. The number of nitrogens with zero attached hydrogens (tertiary/aromatic N) is 1. The van der Waals surface area contributed by atoms with Crippen molar-refractivity contribution in [3.8, 4) is 5.75 Å². The zero-order valence-corrected chi connectivity index (χ0v) is 29.6. The van der Waals surface area contributed by atoms with Crippen LogP contribution in [-0.4, -0.2) is 91.8 Å². The number of methoxy groups -OCH3 is 1. The van der Waals surface area contributed by atoms with Gasteiger partial charge in [0.15, 0.2) is 0 Å². The molecule has 12 nitrogen and oxygen atoms in total. The Morgan fingerprint density at radius 3 is 1.80 bits per heavy atom. The lowest BCUT2D eigenvalue weighted by molar-refractivity contribution is -0.136. The Hall–Kier alpha value is -4.78. The molecule has 0 radical (unpaired) electrons. The van der Waals surface area contributed by atoms with Crippen LogP contribution in [0.5, 0.6) is 5.75 Å². The lowest BCUT2D eigenvalue weighted by Crippen LogP contribution is -2.57. The first-order valence-corrected chi connectivity index (χ1v) is 17.6. The molecule has 1 fully saturated rings. The van der Waals surface area contributed by atoms with Gasteiger partial charge in [-0.1, -0.05) is 72.3 Å². The van der Waals surface area contributed by atoms with E-state index in [1.165, 1.54) is 0 Å². The average Bonchev–Trinajstić information content (AvgIpc) is 3.15. The minimum atomic E-state index is -1.06. The van der Waals surface area contributed by atoms with E-state index in [0.717, 1.165) is 22.3 Å². The van der Waals surface area contributed by atoms with E-state index in [1.54, 1.807) is 12.6 Å². The summed E-state index contributed by atoms with van der Waals surface area (Å²) < 4.78 is 10.7. The van der Waals surface area contributed by atoms with Crippen molar-refractivity contribution in [2.24, 2.45) is 0 Å². The normalized spacial score (nSPS) is 14.8.